The summed E-state index contributed by atoms with van der Waals surface area (Å²) in [5.74, 6) is -16.3. The minimum Gasteiger partial charge on any atom is -0.546 e. The minimum atomic E-state index is -4.08. The van der Waals surface area contributed by atoms with Crippen molar-refractivity contribution < 1.29 is 86.7 Å². The first-order valence-corrected chi connectivity index (χ1v) is 4.40. The summed E-state index contributed by atoms with van der Waals surface area (Å²) in [7, 11) is 0. The van der Waals surface area contributed by atoms with E-state index in [4.69, 9.17) is 10.2 Å². The van der Waals surface area contributed by atoms with Crippen molar-refractivity contribution in [3.63, 3.8) is 0 Å². The Hall–Kier alpha value is -2.86. The van der Waals surface area contributed by atoms with E-state index in [2.05, 4.69) is 0 Å². The zero-order chi connectivity index (χ0) is 18.5. The molecule has 0 unspecified atom stereocenters. The van der Waals surface area contributed by atoms with E-state index < -0.39 is 47.0 Å². The summed E-state index contributed by atoms with van der Waals surface area (Å²) in [5.41, 5.74) is -8.17. The van der Waals surface area contributed by atoms with Crippen molar-refractivity contribution in [1.82, 2.24) is 18.5 Å². The summed E-state index contributed by atoms with van der Waals surface area (Å²) in [5, 5.41) is 74.7. The van der Waals surface area contributed by atoms with Crippen LogP contribution in [0.4, 0.5) is 0 Å². The Kier molecular flexibility index (Phi) is 19.9. The maximum Gasteiger partial charge on any atom is 3.00 e. The summed E-state index contributed by atoms with van der Waals surface area (Å²) in [6.45, 7) is 0. The Balaban J connectivity index is -0.0000000667. The first kappa shape index (κ1) is 38.6. The van der Waals surface area contributed by atoms with E-state index in [0.29, 0.717) is 0 Å². The molecule has 0 spiro atoms. The first-order chi connectivity index (χ1) is 9.66. The van der Waals surface area contributed by atoms with Crippen molar-refractivity contribution >= 4 is 35.8 Å². The summed E-state index contributed by atoms with van der Waals surface area (Å²) in [6.07, 6.45) is 0. The fraction of sp³-hybridized carbons (Fsp3) is 0.250. The van der Waals surface area contributed by atoms with Crippen LogP contribution in [0.25, 0.3) is 0 Å². The molecule has 0 atom stereocenters. The number of hydrogen-bond donors (Lipinski definition) is 5. The molecule has 1 radical (unpaired) electrons. The first-order valence-electron chi connectivity index (χ1n) is 4.40. The largest absolute Gasteiger partial charge is 3.00 e. The fourth-order valence-corrected chi connectivity index (χ4v) is 0.500. The van der Waals surface area contributed by atoms with E-state index in [9.17, 15) is 59.4 Å². The molecule has 0 fully saturated rings. The van der Waals surface area contributed by atoms with Crippen LogP contribution >= 0.6 is 0 Å². The molecular weight excluding hydrogens is 418 g/mol. The Morgan fingerprint density at radius 3 is 0.538 bits per heavy atom. The second kappa shape index (κ2) is 13.4. The molecule has 17 nitrogen and oxygen atoms in total. The maximum atomic E-state index is 9.70. The van der Waals surface area contributed by atoms with Gasteiger partial charge in [-0.25, -0.2) is 0 Å². The third-order valence-electron chi connectivity index (χ3n) is 1.77. The van der Waals surface area contributed by atoms with Gasteiger partial charge in [0.1, 0.15) is 0 Å². The Labute approximate surface area is 153 Å². The smallest absolute Gasteiger partial charge is 0.546 e. The maximum absolute atomic E-state index is 9.70. The molecule has 0 saturated heterocycles. The molecule has 0 aromatic rings. The number of aliphatic hydroxyl groups is 2. The topological polar surface area (TPSA) is 391 Å². The Bertz CT molecular complexity index is 428. The van der Waals surface area contributed by atoms with Gasteiger partial charge in [-0.1, -0.05) is 0 Å². The fourth-order valence-electron chi connectivity index (χ4n) is 0.500. The number of rotatable bonds is 6. The van der Waals surface area contributed by atoms with Gasteiger partial charge in [-0.3, -0.25) is 0 Å². The molecule has 0 heterocycles. The molecule has 153 valence electrons. The third-order valence-corrected chi connectivity index (χ3v) is 1.77. The molecule has 0 aliphatic heterocycles. The van der Waals surface area contributed by atoms with Crippen LogP contribution in [0, 0.1) is 0 Å². The number of hydrogen-bond acceptors (Lipinski definition) is 14. The average Bonchev–Trinajstić information content (AvgIpc) is 2.35. The molecule has 0 saturated carbocycles. The normalized spacial score (nSPS) is 9.00. The number of carbonyl (C=O) groups is 6. The summed E-state index contributed by atoms with van der Waals surface area (Å²) in [4.78, 5) is 58.2. The van der Waals surface area contributed by atoms with Crippen molar-refractivity contribution in [1.29, 1.82) is 0 Å². The predicted molar refractivity (Wildman–Crippen MR) is 57.9 cm³/mol. The van der Waals surface area contributed by atoms with E-state index in [-0.39, 0.29) is 35.5 Å². The second-order valence-corrected chi connectivity index (χ2v) is 3.15. The van der Waals surface area contributed by atoms with Gasteiger partial charge in [0.15, 0.2) is 11.2 Å². The minimum absolute atomic E-state index is 0. The standard InChI is InChI=1S/2C4H4O7.Fe.3H3N/c2*5-1(6)4(11,2(7)8)3(9)10;;;;/h2*11H,(H,5,6)(H,7,8)(H,9,10);;3*1H3/q;;+3;;;/p-3. The van der Waals surface area contributed by atoms with Gasteiger partial charge in [-0.15, -0.1) is 0 Å². The van der Waals surface area contributed by atoms with E-state index in [0.717, 1.165) is 0 Å². The molecule has 0 rings (SSSR count). The van der Waals surface area contributed by atoms with E-state index in [1.807, 2.05) is 0 Å². The zero-order valence-electron chi connectivity index (χ0n) is 13.1. The van der Waals surface area contributed by atoms with E-state index >= 15 is 0 Å². The van der Waals surface area contributed by atoms with Crippen LogP contribution < -0.4 is 49.1 Å². The quantitative estimate of drug-likeness (QED) is 0.192. The SMILES string of the molecule is O=C([O-])C(O)(C(=O)[O-])C(=O)[O-].O=C([O-])C(O)(C(=O)[O-])C(=O)[O-].[Fe+3].[NH4+].[NH4+].[NH4+]. The number of carbonyl (C=O) groups excluding carboxylic acids is 6. The molecule has 0 aromatic heterocycles. The molecule has 0 aliphatic rings. The summed E-state index contributed by atoms with van der Waals surface area (Å²) < 4.78 is 0. The van der Waals surface area contributed by atoms with Gasteiger partial charge in [0.2, 0.25) is 0 Å². The second-order valence-electron chi connectivity index (χ2n) is 3.15. The van der Waals surface area contributed by atoms with Gasteiger partial charge in [0.05, 0.1) is 35.8 Å². The molecule has 18 heteroatoms. The van der Waals surface area contributed by atoms with Gasteiger partial charge in [-0.05, 0) is 0 Å². The number of carboxylic acid groups (broad SMARTS) is 6. The molecule has 0 aromatic carbocycles. The van der Waals surface area contributed by atoms with Crippen LogP contribution in [-0.4, -0.2) is 57.2 Å². The third kappa shape index (κ3) is 7.81. The van der Waals surface area contributed by atoms with Crippen LogP contribution in [-0.2, 0) is 45.8 Å². The van der Waals surface area contributed by atoms with Gasteiger partial charge >= 0.3 is 17.1 Å². The van der Waals surface area contributed by atoms with Crippen LogP contribution in [0.2, 0.25) is 0 Å². The number of aliphatic carboxylic acids is 6. The molecule has 0 amide bonds. The van der Waals surface area contributed by atoms with Crippen LogP contribution in [0.3, 0.4) is 0 Å². The monoisotopic (exact) mass is 432 g/mol. The zero-order valence-corrected chi connectivity index (χ0v) is 14.3. The van der Waals surface area contributed by atoms with Gasteiger partial charge in [0.25, 0.3) is 0 Å². The Morgan fingerprint density at radius 1 is 0.462 bits per heavy atom. The van der Waals surface area contributed by atoms with Crippen molar-refractivity contribution in [2.75, 3.05) is 0 Å². The van der Waals surface area contributed by atoms with Crippen molar-refractivity contribution in [2.24, 2.45) is 0 Å². The molecular formula is C8H14FeN3O14. The van der Waals surface area contributed by atoms with Crippen molar-refractivity contribution in [2.45, 2.75) is 11.2 Å². The van der Waals surface area contributed by atoms with Crippen LogP contribution in [0.15, 0.2) is 0 Å². The van der Waals surface area contributed by atoms with Crippen LogP contribution in [0.1, 0.15) is 0 Å². The van der Waals surface area contributed by atoms with Gasteiger partial charge in [-0.2, -0.15) is 0 Å². The number of carboxylic acids is 6. The molecule has 0 aliphatic carbocycles. The summed E-state index contributed by atoms with van der Waals surface area (Å²) >= 11 is 0. The predicted octanol–water partition coefficient (Wildman–Crippen LogP) is -10.9. The molecule has 26 heavy (non-hydrogen) atoms. The average molecular weight is 432 g/mol. The van der Waals surface area contributed by atoms with Gasteiger partial charge < -0.3 is 88.1 Å². The van der Waals surface area contributed by atoms with E-state index in [1.165, 1.54) is 0 Å². The van der Waals surface area contributed by atoms with E-state index in [1.54, 1.807) is 0 Å². The van der Waals surface area contributed by atoms with Crippen LogP contribution in [0.5, 0.6) is 0 Å². The van der Waals surface area contributed by atoms with Crippen molar-refractivity contribution in [3.8, 4) is 0 Å². The Morgan fingerprint density at radius 2 is 0.538 bits per heavy atom. The van der Waals surface area contributed by atoms with Gasteiger partial charge in [0, 0.05) is 0 Å². The molecule has 14 N–H and O–H groups in total. The van der Waals surface area contributed by atoms with Crippen molar-refractivity contribution in [3.05, 3.63) is 0 Å². The molecule has 0 bridgehead atoms. The number of quaternary nitrogens is 3. The summed E-state index contributed by atoms with van der Waals surface area (Å²) in [6, 6.07) is 0.